The van der Waals surface area contributed by atoms with Crippen molar-refractivity contribution in [2.24, 2.45) is 11.7 Å². The fourth-order valence-corrected chi connectivity index (χ4v) is 5.18. The Morgan fingerprint density at radius 1 is 1.14 bits per heavy atom. The third kappa shape index (κ3) is 4.17. The van der Waals surface area contributed by atoms with Crippen LogP contribution in [0.2, 0.25) is 0 Å². The Balaban J connectivity index is 1.64. The van der Waals surface area contributed by atoms with Crippen LogP contribution in [0.15, 0.2) is 57.7 Å². The second kappa shape index (κ2) is 8.95. The Morgan fingerprint density at radius 2 is 1.89 bits per heavy atom. The normalized spacial score (nSPS) is 15.1. The van der Waals surface area contributed by atoms with E-state index in [9.17, 15) is 14.4 Å². The average molecular weight is 491 g/mol. The van der Waals surface area contributed by atoms with Gasteiger partial charge in [0.2, 0.25) is 10.9 Å². The Labute approximate surface area is 204 Å². The Hall–Kier alpha value is -4.05. The van der Waals surface area contributed by atoms with Crippen LogP contribution in [0.1, 0.15) is 46.6 Å². The molecule has 0 aliphatic carbocycles. The molecule has 0 radical (unpaired) electrons. The minimum Gasteiger partial charge on any atom is -0.484 e. The van der Waals surface area contributed by atoms with Crippen LogP contribution in [0.25, 0.3) is 11.0 Å². The molecular formula is C25H22N4O5S. The molecule has 2 N–H and O–H groups in total. The summed E-state index contributed by atoms with van der Waals surface area (Å²) >= 11 is 1.32. The number of primary amides is 1. The SMILES string of the molecule is CC(C)Cc1nnc(N2C(=O)c3oc4ccccc4c(=O)c3[C@H]2c2ccc(OCC(N)=O)cc2)s1. The van der Waals surface area contributed by atoms with Crippen LogP contribution in [-0.4, -0.2) is 28.6 Å². The van der Waals surface area contributed by atoms with Gasteiger partial charge in [-0.15, -0.1) is 10.2 Å². The van der Waals surface area contributed by atoms with Crippen molar-refractivity contribution in [1.29, 1.82) is 0 Å². The Morgan fingerprint density at radius 3 is 2.60 bits per heavy atom. The molecule has 9 nitrogen and oxygen atoms in total. The highest BCUT2D eigenvalue weighted by Crippen LogP contribution is 2.42. The Kier molecular flexibility index (Phi) is 5.81. The summed E-state index contributed by atoms with van der Waals surface area (Å²) in [5, 5.41) is 10.1. The zero-order valence-corrected chi connectivity index (χ0v) is 19.9. The van der Waals surface area contributed by atoms with Gasteiger partial charge in [-0.05, 0) is 35.7 Å². The second-order valence-electron chi connectivity index (χ2n) is 8.65. The van der Waals surface area contributed by atoms with Crippen molar-refractivity contribution in [3.8, 4) is 5.75 Å². The first-order valence-electron chi connectivity index (χ1n) is 11.1. The minimum absolute atomic E-state index is 0.00614. The van der Waals surface area contributed by atoms with E-state index in [0.29, 0.717) is 33.3 Å². The molecule has 0 unspecified atom stereocenters. The standard InChI is InChI=1S/C25H22N4O5S/c1-13(2)11-19-27-28-25(35-19)29-21(14-7-9-15(10-8-14)33-12-18(26)30)20-22(31)16-5-3-4-6-17(16)34-23(20)24(29)32/h3-10,13,21H,11-12H2,1-2H3,(H2,26,30)/t21-/m1/s1. The van der Waals surface area contributed by atoms with E-state index < -0.39 is 17.9 Å². The summed E-state index contributed by atoms with van der Waals surface area (Å²) in [6.07, 6.45) is 0.726. The van der Waals surface area contributed by atoms with Crippen LogP contribution in [0, 0.1) is 5.92 Å². The van der Waals surface area contributed by atoms with E-state index in [1.807, 2.05) is 0 Å². The maximum absolute atomic E-state index is 13.6. The van der Waals surface area contributed by atoms with Gasteiger partial charge in [-0.1, -0.05) is 49.4 Å². The molecule has 2 aromatic heterocycles. The van der Waals surface area contributed by atoms with E-state index in [1.165, 1.54) is 16.2 Å². The summed E-state index contributed by atoms with van der Waals surface area (Å²) in [5.41, 5.74) is 6.13. The van der Waals surface area contributed by atoms with Crippen LogP contribution < -0.4 is 20.8 Å². The molecule has 10 heteroatoms. The lowest BCUT2D eigenvalue weighted by Gasteiger charge is -2.22. The molecule has 0 spiro atoms. The first kappa shape index (κ1) is 22.7. The molecule has 178 valence electrons. The highest BCUT2D eigenvalue weighted by atomic mass is 32.1. The number of hydrogen-bond donors (Lipinski definition) is 1. The lowest BCUT2D eigenvalue weighted by atomic mass is 9.98. The van der Waals surface area contributed by atoms with Crippen molar-refractivity contribution in [2.75, 3.05) is 11.5 Å². The molecule has 4 aromatic rings. The van der Waals surface area contributed by atoms with Crippen molar-refractivity contribution in [3.05, 3.63) is 80.6 Å². The van der Waals surface area contributed by atoms with Crippen molar-refractivity contribution in [1.82, 2.24) is 10.2 Å². The summed E-state index contributed by atoms with van der Waals surface area (Å²) in [6.45, 7) is 3.91. The van der Waals surface area contributed by atoms with Gasteiger partial charge < -0.3 is 14.9 Å². The Bertz CT molecular complexity index is 1490. The van der Waals surface area contributed by atoms with E-state index in [0.717, 1.165) is 11.4 Å². The minimum atomic E-state index is -0.761. The number of carbonyl (C=O) groups excluding carboxylic acids is 2. The van der Waals surface area contributed by atoms with E-state index in [1.54, 1.807) is 48.5 Å². The van der Waals surface area contributed by atoms with Crippen LogP contribution in [0.5, 0.6) is 5.75 Å². The second-order valence-corrected chi connectivity index (χ2v) is 9.69. The maximum Gasteiger partial charge on any atom is 0.297 e. The number of anilines is 1. The van der Waals surface area contributed by atoms with Gasteiger partial charge in [0.15, 0.2) is 12.0 Å². The van der Waals surface area contributed by atoms with Crippen molar-refractivity contribution in [2.45, 2.75) is 26.3 Å². The van der Waals surface area contributed by atoms with Gasteiger partial charge >= 0.3 is 0 Å². The van der Waals surface area contributed by atoms with Crippen LogP contribution >= 0.6 is 11.3 Å². The third-order valence-electron chi connectivity index (χ3n) is 5.60. The monoisotopic (exact) mass is 490 g/mol. The van der Waals surface area contributed by atoms with Gasteiger partial charge in [0.1, 0.15) is 16.3 Å². The number of fused-ring (bicyclic) bond motifs is 2. The number of benzene rings is 2. The van der Waals surface area contributed by atoms with E-state index in [2.05, 4.69) is 24.0 Å². The molecule has 3 heterocycles. The molecular weight excluding hydrogens is 468 g/mol. The van der Waals surface area contributed by atoms with Crippen LogP contribution in [0.4, 0.5) is 5.13 Å². The fourth-order valence-electron chi connectivity index (χ4n) is 4.11. The third-order valence-corrected chi connectivity index (χ3v) is 6.54. The smallest absolute Gasteiger partial charge is 0.297 e. The maximum atomic E-state index is 13.6. The van der Waals surface area contributed by atoms with Crippen LogP contribution in [-0.2, 0) is 11.2 Å². The highest BCUT2D eigenvalue weighted by Gasteiger charge is 2.45. The van der Waals surface area contributed by atoms with Crippen molar-refractivity contribution < 1.29 is 18.7 Å². The lowest BCUT2D eigenvalue weighted by Crippen LogP contribution is -2.29. The number of hydrogen-bond acceptors (Lipinski definition) is 8. The lowest BCUT2D eigenvalue weighted by molar-refractivity contribution is -0.119. The number of amides is 2. The van der Waals surface area contributed by atoms with Gasteiger partial charge in [-0.3, -0.25) is 19.3 Å². The summed E-state index contributed by atoms with van der Waals surface area (Å²) in [6, 6.07) is 12.9. The predicted molar refractivity (Wildman–Crippen MR) is 131 cm³/mol. The molecule has 5 rings (SSSR count). The van der Waals surface area contributed by atoms with E-state index >= 15 is 0 Å². The number of rotatable bonds is 7. The van der Waals surface area contributed by atoms with Gasteiger partial charge in [-0.25, -0.2) is 0 Å². The van der Waals surface area contributed by atoms with E-state index in [4.69, 9.17) is 14.9 Å². The predicted octanol–water partition coefficient (Wildman–Crippen LogP) is 3.46. The van der Waals surface area contributed by atoms with Gasteiger partial charge in [0.25, 0.3) is 11.8 Å². The molecule has 0 saturated carbocycles. The van der Waals surface area contributed by atoms with Gasteiger partial charge in [0, 0.05) is 6.42 Å². The summed E-state index contributed by atoms with van der Waals surface area (Å²) < 4.78 is 11.3. The highest BCUT2D eigenvalue weighted by molar-refractivity contribution is 7.15. The molecule has 35 heavy (non-hydrogen) atoms. The quantitative estimate of drug-likeness (QED) is 0.420. The largest absolute Gasteiger partial charge is 0.484 e. The fraction of sp³-hybridized carbons (Fsp3) is 0.240. The number of nitrogens with zero attached hydrogens (tertiary/aromatic N) is 3. The van der Waals surface area contributed by atoms with E-state index in [-0.39, 0.29) is 23.4 Å². The molecule has 2 amide bonds. The van der Waals surface area contributed by atoms with Gasteiger partial charge in [-0.2, -0.15) is 0 Å². The average Bonchev–Trinajstić information content (AvgIpc) is 3.40. The summed E-state index contributed by atoms with van der Waals surface area (Å²) in [7, 11) is 0. The van der Waals surface area contributed by atoms with Crippen molar-refractivity contribution in [3.63, 3.8) is 0 Å². The number of aromatic nitrogens is 2. The van der Waals surface area contributed by atoms with Gasteiger partial charge in [0.05, 0.1) is 17.0 Å². The van der Waals surface area contributed by atoms with Crippen LogP contribution in [0.3, 0.4) is 0 Å². The number of ether oxygens (including phenoxy) is 1. The number of para-hydroxylation sites is 1. The molecule has 1 atom stereocenters. The number of nitrogens with two attached hydrogens (primary N) is 1. The molecule has 0 saturated heterocycles. The molecule has 0 bridgehead atoms. The topological polar surface area (TPSA) is 129 Å². The number of carbonyl (C=O) groups is 2. The summed E-state index contributed by atoms with van der Waals surface area (Å²) in [4.78, 5) is 39.7. The summed E-state index contributed by atoms with van der Waals surface area (Å²) in [5.74, 6) is -0.236. The first-order chi connectivity index (χ1) is 16.8. The molecule has 1 aliphatic rings. The first-order valence-corrected chi connectivity index (χ1v) is 11.9. The molecule has 0 fully saturated rings. The molecule has 1 aliphatic heterocycles. The zero-order chi connectivity index (χ0) is 24.7. The zero-order valence-electron chi connectivity index (χ0n) is 19.1. The van der Waals surface area contributed by atoms with Crippen molar-refractivity contribution >= 4 is 39.3 Å². The molecule has 2 aromatic carbocycles.